The van der Waals surface area contributed by atoms with E-state index in [0.29, 0.717) is 38.2 Å². The maximum Gasteiger partial charge on any atom is 0.305 e. The summed E-state index contributed by atoms with van der Waals surface area (Å²) in [6.07, 6.45) is 13.4. The average Bonchev–Trinajstić information content (AvgIpc) is 2.65. The smallest absolute Gasteiger partial charge is 0.305 e. The number of carbonyl (C=O) groups excluding carboxylic acids is 1. The van der Waals surface area contributed by atoms with Crippen molar-refractivity contribution in [3.8, 4) is 23.7 Å². The van der Waals surface area contributed by atoms with Crippen LogP contribution in [-0.2, 0) is 9.53 Å². The largest absolute Gasteiger partial charge is 0.466 e. The monoisotopic (exact) mass is 372 g/mol. The quantitative estimate of drug-likeness (QED) is 0.389. The predicted octanol–water partition coefficient (Wildman–Crippen LogP) is 3.53. The lowest BCUT2D eigenvalue weighted by Crippen LogP contribution is -2.07. The summed E-state index contributed by atoms with van der Waals surface area (Å²) >= 11 is 0. The summed E-state index contributed by atoms with van der Waals surface area (Å²) in [5.41, 5.74) is 0. The molecule has 0 heterocycles. The molecular formula is C23H32O4. The third-order valence-electron chi connectivity index (χ3n) is 4.26. The zero-order valence-electron chi connectivity index (χ0n) is 16.3. The lowest BCUT2D eigenvalue weighted by Gasteiger charge is -2.15. The highest BCUT2D eigenvalue weighted by Gasteiger charge is 2.09. The van der Waals surface area contributed by atoms with Crippen LogP contribution in [0, 0.1) is 29.6 Å². The number of hydrogen-bond acceptors (Lipinski definition) is 4. The van der Waals surface area contributed by atoms with Crippen LogP contribution in [0.1, 0.15) is 64.7 Å². The van der Waals surface area contributed by atoms with E-state index in [4.69, 9.17) is 4.74 Å². The molecular weight excluding hydrogens is 340 g/mol. The molecule has 1 aliphatic rings. The van der Waals surface area contributed by atoms with E-state index < -0.39 is 12.2 Å². The van der Waals surface area contributed by atoms with E-state index in [-0.39, 0.29) is 5.97 Å². The Morgan fingerprint density at radius 3 is 2.74 bits per heavy atom. The molecule has 4 heteroatoms. The van der Waals surface area contributed by atoms with Gasteiger partial charge in [0.05, 0.1) is 12.7 Å². The van der Waals surface area contributed by atoms with E-state index >= 15 is 0 Å². The highest BCUT2D eigenvalue weighted by atomic mass is 16.5. The minimum atomic E-state index is -0.756. The maximum absolute atomic E-state index is 11.2. The van der Waals surface area contributed by atoms with Gasteiger partial charge in [-0.05, 0) is 38.7 Å². The van der Waals surface area contributed by atoms with Crippen molar-refractivity contribution in [3.63, 3.8) is 0 Å². The van der Waals surface area contributed by atoms with Crippen molar-refractivity contribution in [3.05, 3.63) is 24.3 Å². The summed E-state index contributed by atoms with van der Waals surface area (Å²) in [7, 11) is 0. The Bertz CT molecular complexity index is 591. The lowest BCUT2D eigenvalue weighted by molar-refractivity contribution is -0.143. The van der Waals surface area contributed by atoms with E-state index in [1.807, 2.05) is 0 Å². The van der Waals surface area contributed by atoms with Crippen molar-refractivity contribution in [2.24, 2.45) is 5.92 Å². The topological polar surface area (TPSA) is 66.8 Å². The third-order valence-corrected chi connectivity index (χ3v) is 4.26. The normalized spacial score (nSPS) is 17.0. The number of carbonyl (C=O) groups is 1. The third kappa shape index (κ3) is 12.9. The van der Waals surface area contributed by atoms with Crippen molar-refractivity contribution < 1.29 is 19.7 Å². The van der Waals surface area contributed by atoms with Gasteiger partial charge >= 0.3 is 5.97 Å². The van der Waals surface area contributed by atoms with Crippen LogP contribution in [0.15, 0.2) is 24.3 Å². The number of esters is 1. The first-order chi connectivity index (χ1) is 13.1. The van der Waals surface area contributed by atoms with Crippen LogP contribution in [0.25, 0.3) is 0 Å². The van der Waals surface area contributed by atoms with E-state index in [1.165, 1.54) is 32.1 Å². The summed E-state index contributed by atoms with van der Waals surface area (Å²) in [5.74, 6) is 12.1. The molecule has 0 aromatic rings. The van der Waals surface area contributed by atoms with Gasteiger partial charge in [0.15, 0.2) is 0 Å². The molecule has 2 unspecified atom stereocenters. The van der Waals surface area contributed by atoms with E-state index in [2.05, 4.69) is 23.7 Å². The SMILES string of the molecule is CCOC(=O)CCCC(O)C#C/C=C/C=C/C(O)CC#CC1CCCCC1. The van der Waals surface area contributed by atoms with Crippen LogP contribution in [0.4, 0.5) is 0 Å². The van der Waals surface area contributed by atoms with Crippen molar-refractivity contribution in [2.75, 3.05) is 6.61 Å². The Kier molecular flexibility index (Phi) is 12.9. The molecule has 148 valence electrons. The Hall–Kier alpha value is -2.01. The summed E-state index contributed by atoms with van der Waals surface area (Å²) in [6, 6.07) is 0. The average molecular weight is 373 g/mol. The number of aliphatic hydroxyl groups is 2. The molecule has 0 aromatic carbocycles. The van der Waals surface area contributed by atoms with Crippen molar-refractivity contribution in [1.82, 2.24) is 0 Å². The molecule has 0 spiro atoms. The van der Waals surface area contributed by atoms with Gasteiger partial charge in [-0.15, -0.1) is 0 Å². The first-order valence-electron chi connectivity index (χ1n) is 9.96. The molecule has 27 heavy (non-hydrogen) atoms. The van der Waals surface area contributed by atoms with Gasteiger partial charge < -0.3 is 14.9 Å². The number of rotatable bonds is 8. The molecule has 0 aliphatic heterocycles. The van der Waals surface area contributed by atoms with Gasteiger partial charge in [-0.1, -0.05) is 61.2 Å². The van der Waals surface area contributed by atoms with Crippen LogP contribution >= 0.6 is 0 Å². The summed E-state index contributed by atoms with van der Waals surface area (Å²) in [4.78, 5) is 11.2. The lowest BCUT2D eigenvalue weighted by atomic mass is 9.90. The first-order valence-corrected chi connectivity index (χ1v) is 9.96. The Morgan fingerprint density at radius 1 is 1.22 bits per heavy atom. The molecule has 2 atom stereocenters. The summed E-state index contributed by atoms with van der Waals surface area (Å²) < 4.78 is 4.82. The molecule has 0 bridgehead atoms. The van der Waals surface area contributed by atoms with Gasteiger partial charge in [0, 0.05) is 18.8 Å². The van der Waals surface area contributed by atoms with Crippen molar-refractivity contribution in [1.29, 1.82) is 0 Å². The molecule has 4 nitrogen and oxygen atoms in total. The minimum Gasteiger partial charge on any atom is -0.466 e. The first kappa shape index (κ1) is 23.0. The second-order valence-electron chi connectivity index (χ2n) is 6.67. The maximum atomic E-state index is 11.2. The predicted molar refractivity (Wildman–Crippen MR) is 108 cm³/mol. The highest BCUT2D eigenvalue weighted by molar-refractivity contribution is 5.69. The fraction of sp³-hybridized carbons (Fsp3) is 0.609. The van der Waals surface area contributed by atoms with Gasteiger partial charge in [-0.2, -0.15) is 0 Å². The van der Waals surface area contributed by atoms with E-state index in [1.54, 1.807) is 31.2 Å². The molecule has 0 amide bonds. The van der Waals surface area contributed by atoms with Crippen LogP contribution in [-0.4, -0.2) is 35.0 Å². The van der Waals surface area contributed by atoms with Gasteiger partial charge in [0.25, 0.3) is 0 Å². The molecule has 0 saturated heterocycles. The zero-order chi connectivity index (χ0) is 19.7. The molecule has 1 saturated carbocycles. The number of hydrogen-bond donors (Lipinski definition) is 2. The second-order valence-corrected chi connectivity index (χ2v) is 6.67. The summed E-state index contributed by atoms with van der Waals surface area (Å²) in [5, 5.41) is 19.6. The van der Waals surface area contributed by atoms with Crippen molar-refractivity contribution >= 4 is 5.97 Å². The molecule has 1 fully saturated rings. The van der Waals surface area contributed by atoms with Crippen LogP contribution in [0.3, 0.4) is 0 Å². The Balaban J connectivity index is 2.18. The molecule has 1 aliphatic carbocycles. The van der Waals surface area contributed by atoms with Gasteiger partial charge in [-0.25, -0.2) is 0 Å². The molecule has 0 aromatic heterocycles. The van der Waals surface area contributed by atoms with Gasteiger partial charge in [-0.3, -0.25) is 4.79 Å². The Morgan fingerprint density at radius 2 is 2.00 bits per heavy atom. The number of allylic oxidation sites excluding steroid dienone is 3. The second kappa shape index (κ2) is 15.1. The Labute approximate surface area is 163 Å². The van der Waals surface area contributed by atoms with Crippen molar-refractivity contribution in [2.45, 2.75) is 76.9 Å². The van der Waals surface area contributed by atoms with Gasteiger partial charge in [0.2, 0.25) is 0 Å². The van der Waals surface area contributed by atoms with E-state index in [0.717, 1.165) is 0 Å². The zero-order valence-corrected chi connectivity index (χ0v) is 16.3. The summed E-state index contributed by atoms with van der Waals surface area (Å²) in [6.45, 7) is 2.14. The minimum absolute atomic E-state index is 0.246. The van der Waals surface area contributed by atoms with Gasteiger partial charge in [0.1, 0.15) is 6.10 Å². The molecule has 2 N–H and O–H groups in total. The number of ether oxygens (including phenoxy) is 1. The highest BCUT2D eigenvalue weighted by Crippen LogP contribution is 2.22. The fourth-order valence-corrected chi connectivity index (χ4v) is 2.81. The fourth-order valence-electron chi connectivity index (χ4n) is 2.81. The van der Waals surface area contributed by atoms with Crippen LogP contribution in [0.2, 0.25) is 0 Å². The van der Waals surface area contributed by atoms with E-state index in [9.17, 15) is 15.0 Å². The van der Waals surface area contributed by atoms with Crippen LogP contribution < -0.4 is 0 Å². The molecule has 0 radical (unpaired) electrons. The van der Waals surface area contributed by atoms with Crippen LogP contribution in [0.5, 0.6) is 0 Å². The molecule has 1 rings (SSSR count). The standard InChI is InChI=1S/C23H32O4/c1-2-27-23(26)19-11-18-22(25)16-9-4-3-8-15-21(24)17-10-14-20-12-6-5-7-13-20/h3-4,8,15,20-22,24-25H,2,5-7,11-13,17-19H2,1H3/b4-3+,15-8+. The number of aliphatic hydroxyl groups excluding tert-OH is 2.